The fraction of sp³-hybridized carbons (Fsp3) is 0.773. The van der Waals surface area contributed by atoms with Crippen LogP contribution in [0.5, 0.6) is 0 Å². The van der Waals surface area contributed by atoms with Gasteiger partial charge in [-0.1, -0.05) is 83.6 Å². The number of hydrogen-bond acceptors (Lipinski definition) is 1. The van der Waals surface area contributed by atoms with Crippen LogP contribution in [0.1, 0.15) is 97.8 Å². The number of nitrogens with one attached hydrogen (secondary N) is 1. The third kappa shape index (κ3) is 17.3. The van der Waals surface area contributed by atoms with Crippen LogP contribution in [0, 0.1) is 5.92 Å². The summed E-state index contributed by atoms with van der Waals surface area (Å²) >= 11 is 0. The van der Waals surface area contributed by atoms with Gasteiger partial charge in [0.05, 0.1) is 0 Å². The Balaban J connectivity index is 3.22. The number of allylic oxidation sites excluding steroid dienone is 4. The van der Waals surface area contributed by atoms with E-state index in [4.69, 9.17) is 0 Å². The second kappa shape index (κ2) is 18.3. The highest BCUT2D eigenvalue weighted by Gasteiger charge is 2.04. The van der Waals surface area contributed by atoms with Gasteiger partial charge in [0.25, 0.3) is 0 Å². The summed E-state index contributed by atoms with van der Waals surface area (Å²) in [6.07, 6.45) is 24.4. The highest BCUT2D eigenvalue weighted by Crippen LogP contribution is 2.08. The van der Waals surface area contributed by atoms with Gasteiger partial charge in [0.15, 0.2) is 0 Å². The SMILES string of the molecule is CCCCC/C=C\C/C=C\CCCCCCCCNC(=O)C(C)C. The Bertz CT molecular complexity index is 331. The van der Waals surface area contributed by atoms with Crippen LogP contribution in [0.2, 0.25) is 0 Å². The van der Waals surface area contributed by atoms with E-state index in [0.717, 1.165) is 19.4 Å². The van der Waals surface area contributed by atoms with Gasteiger partial charge >= 0.3 is 0 Å². The number of carbonyl (C=O) groups excluding carboxylic acids is 1. The van der Waals surface area contributed by atoms with Crippen molar-refractivity contribution in [3.63, 3.8) is 0 Å². The number of amides is 1. The molecule has 0 saturated heterocycles. The maximum Gasteiger partial charge on any atom is 0.222 e. The number of carbonyl (C=O) groups is 1. The van der Waals surface area contributed by atoms with Crippen molar-refractivity contribution in [3.05, 3.63) is 24.3 Å². The van der Waals surface area contributed by atoms with Crippen LogP contribution in [0.3, 0.4) is 0 Å². The molecular formula is C22H41NO. The molecule has 0 aliphatic heterocycles. The summed E-state index contributed by atoms with van der Waals surface area (Å²) in [5, 5.41) is 2.98. The maximum absolute atomic E-state index is 11.4. The lowest BCUT2D eigenvalue weighted by molar-refractivity contribution is -0.123. The molecule has 0 aromatic rings. The van der Waals surface area contributed by atoms with Gasteiger partial charge in [-0.3, -0.25) is 4.79 Å². The van der Waals surface area contributed by atoms with Crippen molar-refractivity contribution in [2.24, 2.45) is 5.92 Å². The van der Waals surface area contributed by atoms with Gasteiger partial charge in [-0.15, -0.1) is 0 Å². The van der Waals surface area contributed by atoms with Crippen molar-refractivity contribution in [2.75, 3.05) is 6.54 Å². The lowest BCUT2D eigenvalue weighted by Gasteiger charge is -2.07. The lowest BCUT2D eigenvalue weighted by atomic mass is 10.1. The third-order valence-electron chi connectivity index (χ3n) is 4.20. The van der Waals surface area contributed by atoms with Crippen LogP contribution < -0.4 is 5.32 Å². The largest absolute Gasteiger partial charge is 0.356 e. The van der Waals surface area contributed by atoms with Gasteiger partial charge in [0, 0.05) is 12.5 Å². The first kappa shape index (κ1) is 22.9. The molecule has 0 aliphatic rings. The molecule has 0 aliphatic carbocycles. The van der Waals surface area contributed by atoms with E-state index in [1.54, 1.807) is 0 Å². The predicted octanol–water partition coefficient (Wildman–Crippen LogP) is 6.57. The van der Waals surface area contributed by atoms with E-state index in [-0.39, 0.29) is 11.8 Å². The molecule has 2 nitrogen and oxygen atoms in total. The Morgan fingerprint density at radius 2 is 1.33 bits per heavy atom. The van der Waals surface area contributed by atoms with Gasteiger partial charge in [0.2, 0.25) is 5.91 Å². The normalized spacial score (nSPS) is 11.8. The minimum absolute atomic E-state index is 0.106. The first-order valence-electron chi connectivity index (χ1n) is 10.3. The summed E-state index contributed by atoms with van der Waals surface area (Å²) in [6, 6.07) is 0. The molecule has 0 atom stereocenters. The number of rotatable bonds is 16. The zero-order valence-electron chi connectivity index (χ0n) is 16.5. The Morgan fingerprint density at radius 1 is 0.792 bits per heavy atom. The molecule has 0 radical (unpaired) electrons. The molecule has 0 fully saturated rings. The summed E-state index contributed by atoms with van der Waals surface area (Å²) in [5.41, 5.74) is 0. The van der Waals surface area contributed by atoms with Crippen molar-refractivity contribution in [2.45, 2.75) is 97.8 Å². The number of hydrogen-bond donors (Lipinski definition) is 1. The Hall–Kier alpha value is -1.05. The van der Waals surface area contributed by atoms with Crippen molar-refractivity contribution in [1.82, 2.24) is 5.32 Å². The van der Waals surface area contributed by atoms with Gasteiger partial charge in [-0.25, -0.2) is 0 Å². The molecule has 0 unspecified atom stereocenters. The zero-order valence-corrected chi connectivity index (χ0v) is 16.5. The molecule has 1 amide bonds. The fourth-order valence-electron chi connectivity index (χ4n) is 2.53. The first-order valence-corrected chi connectivity index (χ1v) is 10.3. The van der Waals surface area contributed by atoms with Crippen molar-refractivity contribution in [1.29, 1.82) is 0 Å². The molecule has 0 saturated carbocycles. The van der Waals surface area contributed by atoms with Crippen LogP contribution in [-0.2, 0) is 4.79 Å². The van der Waals surface area contributed by atoms with E-state index in [9.17, 15) is 4.79 Å². The molecule has 140 valence electrons. The van der Waals surface area contributed by atoms with E-state index in [2.05, 4.69) is 36.5 Å². The highest BCUT2D eigenvalue weighted by atomic mass is 16.1. The van der Waals surface area contributed by atoms with Crippen LogP contribution in [0.15, 0.2) is 24.3 Å². The Labute approximate surface area is 151 Å². The van der Waals surface area contributed by atoms with Crippen LogP contribution in [-0.4, -0.2) is 12.5 Å². The van der Waals surface area contributed by atoms with Gasteiger partial charge in [-0.05, 0) is 38.5 Å². The van der Waals surface area contributed by atoms with E-state index in [1.165, 1.54) is 64.2 Å². The maximum atomic E-state index is 11.4. The summed E-state index contributed by atoms with van der Waals surface area (Å²) < 4.78 is 0. The standard InChI is InChI=1S/C22H41NO/c1-4-5-6-7-8-9-10-11-12-13-14-15-16-17-18-19-20-23-22(24)21(2)3/h8-9,11-12,21H,4-7,10,13-20H2,1-3H3,(H,23,24)/b9-8-,12-11-. The van der Waals surface area contributed by atoms with Crippen molar-refractivity contribution < 1.29 is 4.79 Å². The van der Waals surface area contributed by atoms with Gasteiger partial charge in [-0.2, -0.15) is 0 Å². The topological polar surface area (TPSA) is 29.1 Å². The highest BCUT2D eigenvalue weighted by molar-refractivity contribution is 5.77. The fourth-order valence-corrected chi connectivity index (χ4v) is 2.53. The Kier molecular flexibility index (Phi) is 17.5. The molecule has 0 spiro atoms. The second-order valence-electron chi connectivity index (χ2n) is 7.03. The molecule has 0 rings (SSSR count). The Morgan fingerprint density at radius 3 is 1.92 bits per heavy atom. The average molecular weight is 336 g/mol. The van der Waals surface area contributed by atoms with Gasteiger partial charge < -0.3 is 5.32 Å². The average Bonchev–Trinajstić information content (AvgIpc) is 2.57. The molecule has 0 heterocycles. The minimum atomic E-state index is 0.106. The molecule has 0 bridgehead atoms. The molecule has 0 aromatic carbocycles. The summed E-state index contributed by atoms with van der Waals surface area (Å²) in [6.45, 7) is 6.97. The van der Waals surface area contributed by atoms with Gasteiger partial charge in [0.1, 0.15) is 0 Å². The van der Waals surface area contributed by atoms with Crippen LogP contribution in [0.25, 0.3) is 0 Å². The monoisotopic (exact) mass is 335 g/mol. The smallest absolute Gasteiger partial charge is 0.222 e. The van der Waals surface area contributed by atoms with E-state index in [1.807, 2.05) is 13.8 Å². The summed E-state index contributed by atoms with van der Waals surface area (Å²) in [7, 11) is 0. The number of unbranched alkanes of at least 4 members (excludes halogenated alkanes) is 9. The summed E-state index contributed by atoms with van der Waals surface area (Å²) in [5.74, 6) is 0.284. The molecule has 2 heteroatoms. The third-order valence-corrected chi connectivity index (χ3v) is 4.20. The predicted molar refractivity (Wildman–Crippen MR) is 107 cm³/mol. The molecule has 0 aromatic heterocycles. The first-order chi connectivity index (χ1) is 11.7. The summed E-state index contributed by atoms with van der Waals surface area (Å²) in [4.78, 5) is 11.4. The molecule has 24 heavy (non-hydrogen) atoms. The van der Waals surface area contributed by atoms with Crippen LogP contribution >= 0.6 is 0 Å². The van der Waals surface area contributed by atoms with Crippen molar-refractivity contribution in [3.8, 4) is 0 Å². The van der Waals surface area contributed by atoms with E-state index < -0.39 is 0 Å². The molecule has 1 N–H and O–H groups in total. The quantitative estimate of drug-likeness (QED) is 0.251. The zero-order chi connectivity index (χ0) is 17.9. The second-order valence-corrected chi connectivity index (χ2v) is 7.03. The van der Waals surface area contributed by atoms with E-state index in [0.29, 0.717) is 0 Å². The van der Waals surface area contributed by atoms with Crippen molar-refractivity contribution >= 4 is 5.91 Å². The minimum Gasteiger partial charge on any atom is -0.356 e. The van der Waals surface area contributed by atoms with E-state index >= 15 is 0 Å². The molecular weight excluding hydrogens is 294 g/mol. The lowest BCUT2D eigenvalue weighted by Crippen LogP contribution is -2.28. The van der Waals surface area contributed by atoms with Crippen LogP contribution in [0.4, 0.5) is 0 Å².